The van der Waals surface area contributed by atoms with Crippen LogP contribution in [-0.2, 0) is 4.74 Å². The third-order valence-electron chi connectivity index (χ3n) is 3.59. The maximum absolute atomic E-state index is 12.0. The third kappa shape index (κ3) is 3.78. The zero-order valence-corrected chi connectivity index (χ0v) is 12.5. The Morgan fingerprint density at radius 3 is 2.71 bits per heavy atom. The lowest BCUT2D eigenvalue weighted by Gasteiger charge is -2.19. The van der Waals surface area contributed by atoms with Crippen LogP contribution in [0.1, 0.15) is 53.2 Å². The smallest absolute Gasteiger partial charge is 0.337 e. The van der Waals surface area contributed by atoms with E-state index in [0.29, 0.717) is 12.2 Å². The molecule has 0 aliphatic carbocycles. The molecule has 114 valence electrons. The first-order valence-corrected chi connectivity index (χ1v) is 6.95. The van der Waals surface area contributed by atoms with E-state index < -0.39 is 5.97 Å². The Bertz CT molecular complexity index is 569. The number of nitrogens with one attached hydrogen (secondary N) is 1. The lowest BCUT2D eigenvalue weighted by molar-refractivity contribution is -0.0138. The number of carboxylic acids is 1. The van der Waals surface area contributed by atoms with E-state index in [1.807, 2.05) is 13.8 Å². The van der Waals surface area contributed by atoms with Gasteiger partial charge in [-0.2, -0.15) is 0 Å². The molecule has 0 bridgehead atoms. The Hall–Kier alpha value is -1.95. The molecule has 2 rings (SSSR count). The minimum absolute atomic E-state index is 0.0170. The van der Waals surface area contributed by atoms with Crippen LogP contribution < -0.4 is 5.32 Å². The van der Waals surface area contributed by atoms with Gasteiger partial charge in [0.25, 0.3) is 5.91 Å². The highest BCUT2D eigenvalue weighted by Crippen LogP contribution is 2.28. The third-order valence-corrected chi connectivity index (χ3v) is 3.59. The Morgan fingerprint density at radius 1 is 1.48 bits per heavy atom. The number of aryl methyl sites for hydroxylation is 1. The standard InChI is InChI=1S/C15H20N2O4/c1-9-11(14(19)20)4-5-12(17-9)13(18)16-8-10-6-7-15(2,3)21-10/h4-5,10H,6-8H2,1-3H3,(H,16,18)(H,19,20). The van der Waals surface area contributed by atoms with Crippen LogP contribution >= 0.6 is 0 Å². The Balaban J connectivity index is 1.95. The van der Waals surface area contributed by atoms with Gasteiger partial charge in [-0.25, -0.2) is 9.78 Å². The SMILES string of the molecule is Cc1nc(C(=O)NCC2CCC(C)(C)O2)ccc1C(=O)O. The van der Waals surface area contributed by atoms with E-state index in [1.165, 1.54) is 12.1 Å². The van der Waals surface area contributed by atoms with Gasteiger partial charge in [-0.3, -0.25) is 4.79 Å². The number of aromatic nitrogens is 1. The Kier molecular flexibility index (Phi) is 4.27. The Morgan fingerprint density at radius 2 is 2.19 bits per heavy atom. The van der Waals surface area contributed by atoms with Crippen LogP contribution in [0.2, 0.25) is 0 Å². The van der Waals surface area contributed by atoms with Gasteiger partial charge in [-0.1, -0.05) is 0 Å². The molecule has 1 aromatic rings. The highest BCUT2D eigenvalue weighted by atomic mass is 16.5. The Labute approximate surface area is 123 Å². The number of ether oxygens (including phenoxy) is 1. The molecule has 1 saturated heterocycles. The zero-order chi connectivity index (χ0) is 15.6. The minimum Gasteiger partial charge on any atom is -0.478 e. The van der Waals surface area contributed by atoms with Gasteiger partial charge < -0.3 is 15.2 Å². The van der Waals surface area contributed by atoms with Crippen LogP contribution in [0.5, 0.6) is 0 Å². The van der Waals surface area contributed by atoms with E-state index in [1.54, 1.807) is 6.92 Å². The molecule has 6 nitrogen and oxygen atoms in total. The van der Waals surface area contributed by atoms with Gasteiger partial charge in [0.15, 0.2) is 0 Å². The second-order valence-electron chi connectivity index (χ2n) is 5.88. The first-order chi connectivity index (χ1) is 9.78. The number of nitrogens with zero attached hydrogens (tertiary/aromatic N) is 1. The highest BCUT2D eigenvalue weighted by Gasteiger charge is 2.31. The van der Waals surface area contributed by atoms with Gasteiger partial charge in [0.1, 0.15) is 5.69 Å². The molecule has 0 aromatic carbocycles. The number of hydrogen-bond acceptors (Lipinski definition) is 4. The van der Waals surface area contributed by atoms with E-state index in [-0.39, 0.29) is 28.9 Å². The molecule has 1 amide bonds. The van der Waals surface area contributed by atoms with Crippen molar-refractivity contribution in [2.45, 2.75) is 45.3 Å². The molecule has 2 N–H and O–H groups in total. The summed E-state index contributed by atoms with van der Waals surface area (Å²) in [5.74, 6) is -1.36. The van der Waals surface area contributed by atoms with Crippen molar-refractivity contribution >= 4 is 11.9 Å². The van der Waals surface area contributed by atoms with E-state index in [4.69, 9.17) is 9.84 Å². The fourth-order valence-electron chi connectivity index (χ4n) is 2.43. The van der Waals surface area contributed by atoms with Crippen LogP contribution in [-0.4, -0.2) is 40.2 Å². The summed E-state index contributed by atoms with van der Waals surface area (Å²) in [7, 11) is 0. The summed E-state index contributed by atoms with van der Waals surface area (Å²) in [6, 6.07) is 2.82. The van der Waals surface area contributed by atoms with Crippen LogP contribution in [0.15, 0.2) is 12.1 Å². The monoisotopic (exact) mass is 292 g/mol. The van der Waals surface area contributed by atoms with Crippen molar-refractivity contribution in [1.29, 1.82) is 0 Å². The van der Waals surface area contributed by atoms with E-state index >= 15 is 0 Å². The molecule has 1 aliphatic rings. The molecule has 0 saturated carbocycles. The van der Waals surface area contributed by atoms with E-state index in [2.05, 4.69) is 10.3 Å². The number of aromatic carboxylic acids is 1. The quantitative estimate of drug-likeness (QED) is 0.883. The van der Waals surface area contributed by atoms with Crippen molar-refractivity contribution in [1.82, 2.24) is 10.3 Å². The van der Waals surface area contributed by atoms with Gasteiger partial charge in [-0.15, -0.1) is 0 Å². The van der Waals surface area contributed by atoms with Crippen molar-refractivity contribution in [3.63, 3.8) is 0 Å². The number of pyridine rings is 1. The zero-order valence-electron chi connectivity index (χ0n) is 12.5. The normalized spacial score (nSPS) is 20.2. The average molecular weight is 292 g/mol. The number of carbonyl (C=O) groups excluding carboxylic acids is 1. The van der Waals surface area contributed by atoms with Gasteiger partial charge in [0.05, 0.1) is 23.0 Å². The van der Waals surface area contributed by atoms with E-state index in [0.717, 1.165) is 12.8 Å². The maximum atomic E-state index is 12.0. The summed E-state index contributed by atoms with van der Waals surface area (Å²) in [6.45, 7) is 6.07. The molecule has 1 atom stereocenters. The van der Waals surface area contributed by atoms with Crippen molar-refractivity contribution in [3.05, 3.63) is 29.1 Å². The molecule has 1 aromatic heterocycles. The van der Waals surface area contributed by atoms with Gasteiger partial charge in [-0.05, 0) is 45.7 Å². The van der Waals surface area contributed by atoms with Gasteiger partial charge in [0.2, 0.25) is 0 Å². The first-order valence-electron chi connectivity index (χ1n) is 6.95. The summed E-state index contributed by atoms with van der Waals surface area (Å²) in [5, 5.41) is 11.7. The predicted octanol–water partition coefficient (Wildman–Crippen LogP) is 1.78. The highest BCUT2D eigenvalue weighted by molar-refractivity contribution is 5.94. The first kappa shape index (κ1) is 15.4. The molecule has 1 aliphatic heterocycles. The lowest BCUT2D eigenvalue weighted by Crippen LogP contribution is -2.34. The van der Waals surface area contributed by atoms with Crippen molar-refractivity contribution in [3.8, 4) is 0 Å². The molecular formula is C15H20N2O4. The fraction of sp³-hybridized carbons (Fsp3) is 0.533. The summed E-state index contributed by atoms with van der Waals surface area (Å²) in [5.41, 5.74) is 0.517. The fourth-order valence-corrected chi connectivity index (χ4v) is 2.43. The number of rotatable bonds is 4. The molecule has 0 radical (unpaired) electrons. The van der Waals surface area contributed by atoms with Gasteiger partial charge in [0, 0.05) is 6.54 Å². The second-order valence-corrected chi connectivity index (χ2v) is 5.88. The van der Waals surface area contributed by atoms with Crippen molar-refractivity contribution in [2.75, 3.05) is 6.54 Å². The molecule has 2 heterocycles. The van der Waals surface area contributed by atoms with Crippen LogP contribution in [0.4, 0.5) is 0 Å². The van der Waals surface area contributed by atoms with Gasteiger partial charge >= 0.3 is 5.97 Å². The number of carboxylic acid groups (broad SMARTS) is 1. The van der Waals surface area contributed by atoms with Crippen molar-refractivity contribution < 1.29 is 19.4 Å². The predicted molar refractivity (Wildman–Crippen MR) is 76.5 cm³/mol. The average Bonchev–Trinajstić information content (AvgIpc) is 2.75. The molecular weight excluding hydrogens is 272 g/mol. The largest absolute Gasteiger partial charge is 0.478 e. The summed E-state index contributed by atoms with van der Waals surface area (Å²) >= 11 is 0. The summed E-state index contributed by atoms with van der Waals surface area (Å²) in [4.78, 5) is 27.0. The molecule has 1 fully saturated rings. The summed E-state index contributed by atoms with van der Waals surface area (Å²) < 4.78 is 5.80. The second kappa shape index (κ2) is 5.81. The number of amides is 1. The molecule has 1 unspecified atom stereocenters. The van der Waals surface area contributed by atoms with Crippen LogP contribution in [0.3, 0.4) is 0 Å². The topological polar surface area (TPSA) is 88.5 Å². The lowest BCUT2D eigenvalue weighted by atomic mass is 10.1. The van der Waals surface area contributed by atoms with Crippen LogP contribution in [0, 0.1) is 6.92 Å². The van der Waals surface area contributed by atoms with Crippen LogP contribution in [0.25, 0.3) is 0 Å². The minimum atomic E-state index is -1.05. The number of carbonyl (C=O) groups is 2. The van der Waals surface area contributed by atoms with Crippen molar-refractivity contribution in [2.24, 2.45) is 0 Å². The van der Waals surface area contributed by atoms with E-state index in [9.17, 15) is 9.59 Å². The number of hydrogen-bond donors (Lipinski definition) is 2. The molecule has 0 spiro atoms. The summed E-state index contributed by atoms with van der Waals surface area (Å²) in [6.07, 6.45) is 1.90. The maximum Gasteiger partial charge on any atom is 0.337 e. The molecule has 6 heteroatoms. The molecule has 21 heavy (non-hydrogen) atoms.